The molecule has 1 aliphatic rings. The third kappa shape index (κ3) is 4.73. The summed E-state index contributed by atoms with van der Waals surface area (Å²) in [7, 11) is 1.61. The quantitative estimate of drug-likeness (QED) is 0.508. The maximum absolute atomic E-state index is 12.3. The number of carbonyl (C=O) groups excluding carboxylic acids is 1. The van der Waals surface area contributed by atoms with Crippen LogP contribution in [0, 0.1) is 17.2 Å². The van der Waals surface area contributed by atoms with Crippen molar-refractivity contribution >= 4 is 12.0 Å². The van der Waals surface area contributed by atoms with Crippen molar-refractivity contribution in [2.75, 3.05) is 7.11 Å². The molecule has 1 aromatic carbocycles. The predicted molar refractivity (Wildman–Crippen MR) is 95.3 cm³/mol. The molecule has 4 nitrogen and oxygen atoms in total. The second-order valence-corrected chi connectivity index (χ2v) is 6.13. The monoisotopic (exact) mass is 324 g/mol. The molecular formula is C20H24N2O2. The summed E-state index contributed by atoms with van der Waals surface area (Å²) >= 11 is 0. The molecule has 1 saturated carbocycles. The summed E-state index contributed by atoms with van der Waals surface area (Å²) in [5.74, 6) is 0.925. The van der Waals surface area contributed by atoms with Gasteiger partial charge in [-0.15, -0.1) is 0 Å². The lowest BCUT2D eigenvalue weighted by molar-refractivity contribution is -0.118. The Kier molecular flexibility index (Phi) is 6.62. The van der Waals surface area contributed by atoms with Crippen molar-refractivity contribution in [2.45, 2.75) is 38.6 Å². The van der Waals surface area contributed by atoms with Crippen molar-refractivity contribution in [1.82, 2.24) is 5.32 Å². The SMILES string of the molecule is COc1ccccc1C=CC=C(C#N)C(=O)NC1CCCCC1C. The number of para-hydroxylation sites is 1. The van der Waals surface area contributed by atoms with Gasteiger partial charge in [0.15, 0.2) is 0 Å². The van der Waals surface area contributed by atoms with Crippen LogP contribution in [0.1, 0.15) is 38.2 Å². The van der Waals surface area contributed by atoms with Crippen molar-refractivity contribution in [1.29, 1.82) is 5.26 Å². The normalized spacial score (nSPS) is 21.3. The molecule has 0 bridgehead atoms. The van der Waals surface area contributed by atoms with Crippen LogP contribution in [-0.2, 0) is 4.79 Å². The standard InChI is InChI=1S/C20H24N2O2/c1-15-8-3-5-12-18(15)22-20(23)17(14-21)11-7-10-16-9-4-6-13-19(16)24-2/h4,6-7,9-11,13,15,18H,3,5,8,12H2,1-2H3,(H,22,23). The lowest BCUT2D eigenvalue weighted by atomic mass is 9.86. The number of benzene rings is 1. The smallest absolute Gasteiger partial charge is 0.262 e. The fourth-order valence-corrected chi connectivity index (χ4v) is 2.99. The highest BCUT2D eigenvalue weighted by atomic mass is 16.5. The van der Waals surface area contributed by atoms with E-state index in [4.69, 9.17) is 4.74 Å². The molecule has 1 fully saturated rings. The van der Waals surface area contributed by atoms with Gasteiger partial charge in [0.25, 0.3) is 5.91 Å². The molecule has 2 rings (SSSR count). The number of nitrogens with zero attached hydrogens (tertiary/aromatic N) is 1. The third-order valence-electron chi connectivity index (χ3n) is 4.47. The number of amides is 1. The highest BCUT2D eigenvalue weighted by Gasteiger charge is 2.23. The van der Waals surface area contributed by atoms with E-state index in [1.165, 1.54) is 6.42 Å². The Morgan fingerprint density at radius 1 is 1.33 bits per heavy atom. The molecule has 2 unspecified atom stereocenters. The Labute approximate surface area is 143 Å². The highest BCUT2D eigenvalue weighted by molar-refractivity contribution is 5.97. The second kappa shape index (κ2) is 8.93. The van der Waals surface area contributed by atoms with Crippen molar-refractivity contribution in [3.05, 3.63) is 47.6 Å². The lowest BCUT2D eigenvalue weighted by Gasteiger charge is -2.29. The minimum absolute atomic E-state index is 0.124. The van der Waals surface area contributed by atoms with E-state index in [2.05, 4.69) is 12.2 Å². The molecule has 0 aromatic heterocycles. The van der Waals surface area contributed by atoms with Crippen LogP contribution >= 0.6 is 0 Å². The molecule has 0 aliphatic heterocycles. The van der Waals surface area contributed by atoms with Crippen LogP contribution in [0.4, 0.5) is 0 Å². The van der Waals surface area contributed by atoms with E-state index in [1.54, 1.807) is 19.3 Å². The van der Waals surface area contributed by atoms with Gasteiger partial charge >= 0.3 is 0 Å². The summed E-state index contributed by atoms with van der Waals surface area (Å²) in [6, 6.07) is 9.74. The number of hydrogen-bond donors (Lipinski definition) is 1. The third-order valence-corrected chi connectivity index (χ3v) is 4.47. The van der Waals surface area contributed by atoms with Crippen LogP contribution in [0.5, 0.6) is 5.75 Å². The minimum atomic E-state index is -0.291. The van der Waals surface area contributed by atoms with Gasteiger partial charge in [-0.2, -0.15) is 5.26 Å². The average Bonchev–Trinajstić information content (AvgIpc) is 2.61. The van der Waals surface area contributed by atoms with Gasteiger partial charge in [0, 0.05) is 11.6 Å². The number of methoxy groups -OCH3 is 1. The van der Waals surface area contributed by atoms with E-state index < -0.39 is 0 Å². The van der Waals surface area contributed by atoms with Crippen molar-refractivity contribution in [3.63, 3.8) is 0 Å². The van der Waals surface area contributed by atoms with Gasteiger partial charge < -0.3 is 10.1 Å². The number of hydrogen-bond acceptors (Lipinski definition) is 3. The molecule has 4 heteroatoms. The van der Waals surface area contributed by atoms with Gasteiger partial charge in [-0.05, 0) is 30.9 Å². The fraction of sp³-hybridized carbons (Fsp3) is 0.400. The summed E-state index contributed by atoms with van der Waals surface area (Å²) in [5.41, 5.74) is 1.02. The van der Waals surface area contributed by atoms with Gasteiger partial charge in [0.1, 0.15) is 17.4 Å². The zero-order valence-electron chi connectivity index (χ0n) is 14.3. The number of nitriles is 1. The van der Waals surface area contributed by atoms with E-state index in [0.717, 1.165) is 30.6 Å². The zero-order valence-corrected chi connectivity index (χ0v) is 14.3. The van der Waals surface area contributed by atoms with E-state index in [0.29, 0.717) is 5.92 Å². The maximum atomic E-state index is 12.3. The van der Waals surface area contributed by atoms with Gasteiger partial charge in [-0.1, -0.05) is 50.1 Å². The number of nitrogens with one attached hydrogen (secondary N) is 1. The first kappa shape index (κ1) is 17.8. The number of ether oxygens (including phenoxy) is 1. The second-order valence-electron chi connectivity index (χ2n) is 6.13. The van der Waals surface area contributed by atoms with Crippen molar-refractivity contribution < 1.29 is 9.53 Å². The summed E-state index contributed by atoms with van der Waals surface area (Å²) in [6.45, 7) is 2.15. The number of allylic oxidation sites excluding steroid dienone is 2. The van der Waals surface area contributed by atoms with Crippen molar-refractivity contribution in [2.24, 2.45) is 5.92 Å². The zero-order chi connectivity index (χ0) is 17.4. The molecular weight excluding hydrogens is 300 g/mol. The van der Waals surface area contributed by atoms with E-state index in [9.17, 15) is 10.1 Å². The Balaban J connectivity index is 2.04. The molecule has 1 N–H and O–H groups in total. The van der Waals surface area contributed by atoms with E-state index in [-0.39, 0.29) is 17.5 Å². The molecule has 0 radical (unpaired) electrons. The number of rotatable bonds is 5. The Bertz CT molecular complexity index is 670. The van der Waals surface area contributed by atoms with Crippen LogP contribution in [0.2, 0.25) is 0 Å². The Morgan fingerprint density at radius 3 is 2.79 bits per heavy atom. The molecule has 0 heterocycles. The number of carbonyl (C=O) groups is 1. The van der Waals surface area contributed by atoms with Crippen LogP contribution in [0.3, 0.4) is 0 Å². The van der Waals surface area contributed by atoms with E-state index >= 15 is 0 Å². The summed E-state index contributed by atoms with van der Waals surface area (Å²) in [4.78, 5) is 12.3. The first-order valence-corrected chi connectivity index (χ1v) is 8.38. The summed E-state index contributed by atoms with van der Waals surface area (Å²) in [6.07, 6.45) is 9.56. The van der Waals surface area contributed by atoms with Crippen LogP contribution < -0.4 is 10.1 Å². The molecule has 1 aliphatic carbocycles. The van der Waals surface area contributed by atoms with Gasteiger partial charge in [0.05, 0.1) is 7.11 Å². The Morgan fingerprint density at radius 2 is 2.08 bits per heavy atom. The van der Waals surface area contributed by atoms with Crippen LogP contribution in [0.25, 0.3) is 6.08 Å². The maximum Gasteiger partial charge on any atom is 0.262 e. The predicted octanol–water partition coefficient (Wildman–Crippen LogP) is 3.85. The molecule has 1 aromatic rings. The minimum Gasteiger partial charge on any atom is -0.496 e. The first-order chi connectivity index (χ1) is 11.7. The molecule has 0 saturated heterocycles. The van der Waals surface area contributed by atoms with Gasteiger partial charge in [-0.25, -0.2) is 0 Å². The lowest BCUT2D eigenvalue weighted by Crippen LogP contribution is -2.41. The average molecular weight is 324 g/mol. The van der Waals surface area contributed by atoms with Crippen molar-refractivity contribution in [3.8, 4) is 11.8 Å². The van der Waals surface area contributed by atoms with E-state index in [1.807, 2.05) is 36.4 Å². The first-order valence-electron chi connectivity index (χ1n) is 8.38. The highest BCUT2D eigenvalue weighted by Crippen LogP contribution is 2.24. The van der Waals surface area contributed by atoms with Crippen LogP contribution in [0.15, 0.2) is 42.0 Å². The van der Waals surface area contributed by atoms with Crippen LogP contribution in [-0.4, -0.2) is 19.1 Å². The topological polar surface area (TPSA) is 62.1 Å². The Hall–Kier alpha value is -2.54. The van der Waals surface area contributed by atoms with Gasteiger partial charge in [0.2, 0.25) is 0 Å². The molecule has 2 atom stereocenters. The molecule has 1 amide bonds. The fourth-order valence-electron chi connectivity index (χ4n) is 2.99. The molecule has 126 valence electrons. The summed E-state index contributed by atoms with van der Waals surface area (Å²) < 4.78 is 5.27. The largest absolute Gasteiger partial charge is 0.496 e. The van der Waals surface area contributed by atoms with Gasteiger partial charge in [-0.3, -0.25) is 4.79 Å². The molecule has 0 spiro atoms. The molecule has 24 heavy (non-hydrogen) atoms. The summed E-state index contributed by atoms with van der Waals surface area (Å²) in [5, 5.41) is 12.3.